The molecule has 0 radical (unpaired) electrons. The Labute approximate surface area is 213 Å². The topological polar surface area (TPSA) is 79.5 Å². The van der Waals surface area contributed by atoms with Crippen molar-refractivity contribution in [3.63, 3.8) is 0 Å². The summed E-state index contributed by atoms with van der Waals surface area (Å²) >= 11 is 8.74. The van der Waals surface area contributed by atoms with Crippen LogP contribution in [-0.2, 0) is 0 Å². The summed E-state index contributed by atoms with van der Waals surface area (Å²) in [6, 6.07) is 21.2. The van der Waals surface area contributed by atoms with Crippen LogP contribution in [0, 0.1) is 5.92 Å². The standard InChI is InChI=1S/C26H26BrN3O3S/c1-17(2)13-14-33-23-12-11-19(16-22(23)27)25(32)30-26(34)29-21-10-6-7-18(15-21)24(31)28-20-8-4-3-5-9-20/h3-12,15-17H,13-14H2,1-2H3,(H,28,31)(H2,29,30,32,34). The molecular weight excluding hydrogens is 514 g/mol. The number of amides is 2. The Bertz CT molecular complexity index is 1170. The van der Waals surface area contributed by atoms with E-state index in [4.69, 9.17) is 17.0 Å². The zero-order valence-corrected chi connectivity index (χ0v) is 21.3. The van der Waals surface area contributed by atoms with Crippen molar-refractivity contribution in [3.05, 3.63) is 88.4 Å². The molecule has 0 saturated heterocycles. The first-order valence-electron chi connectivity index (χ1n) is 10.8. The van der Waals surface area contributed by atoms with Crippen molar-refractivity contribution in [2.45, 2.75) is 20.3 Å². The molecule has 8 heteroatoms. The molecule has 0 saturated carbocycles. The van der Waals surface area contributed by atoms with Crippen LogP contribution >= 0.6 is 28.1 Å². The number of nitrogens with one attached hydrogen (secondary N) is 3. The molecule has 2 amide bonds. The number of para-hydroxylation sites is 1. The Morgan fingerprint density at radius 3 is 2.29 bits per heavy atom. The van der Waals surface area contributed by atoms with Gasteiger partial charge < -0.3 is 15.4 Å². The Hall–Kier alpha value is -3.23. The summed E-state index contributed by atoms with van der Waals surface area (Å²) in [7, 11) is 0. The van der Waals surface area contributed by atoms with Gasteiger partial charge >= 0.3 is 0 Å². The van der Waals surface area contributed by atoms with Gasteiger partial charge in [-0.15, -0.1) is 0 Å². The fraction of sp³-hybridized carbons (Fsp3) is 0.192. The molecule has 0 atom stereocenters. The van der Waals surface area contributed by atoms with Gasteiger partial charge in [0.1, 0.15) is 5.75 Å². The molecule has 176 valence electrons. The molecule has 0 aliphatic rings. The molecule has 0 bridgehead atoms. The minimum Gasteiger partial charge on any atom is -0.492 e. The zero-order chi connectivity index (χ0) is 24.5. The quantitative estimate of drug-likeness (QED) is 0.294. The largest absolute Gasteiger partial charge is 0.492 e. The van der Waals surface area contributed by atoms with Crippen molar-refractivity contribution in [1.82, 2.24) is 5.32 Å². The normalized spacial score (nSPS) is 10.5. The predicted octanol–water partition coefficient (Wildman–Crippen LogP) is 6.25. The Kier molecular flexibility index (Phi) is 9.18. The molecule has 3 aromatic rings. The second-order valence-corrected chi connectivity index (χ2v) is 9.25. The van der Waals surface area contributed by atoms with Gasteiger partial charge in [0, 0.05) is 22.5 Å². The van der Waals surface area contributed by atoms with Crippen molar-refractivity contribution in [2.75, 3.05) is 17.2 Å². The van der Waals surface area contributed by atoms with Crippen molar-refractivity contribution >= 4 is 56.4 Å². The number of hydrogen-bond donors (Lipinski definition) is 3. The molecular formula is C26H26BrN3O3S. The van der Waals surface area contributed by atoms with Crippen LogP contribution < -0.4 is 20.7 Å². The molecule has 0 fully saturated rings. The summed E-state index contributed by atoms with van der Waals surface area (Å²) in [6.45, 7) is 4.88. The molecule has 0 unspecified atom stereocenters. The highest BCUT2D eigenvalue weighted by Crippen LogP contribution is 2.26. The molecule has 3 aromatic carbocycles. The smallest absolute Gasteiger partial charge is 0.257 e. The summed E-state index contributed by atoms with van der Waals surface area (Å²) in [5, 5.41) is 8.57. The summed E-state index contributed by atoms with van der Waals surface area (Å²) in [6.07, 6.45) is 0.948. The first kappa shape index (κ1) is 25.4. The van der Waals surface area contributed by atoms with Gasteiger partial charge in [0.2, 0.25) is 0 Å². The predicted molar refractivity (Wildman–Crippen MR) is 144 cm³/mol. The van der Waals surface area contributed by atoms with Crippen LogP contribution in [0.25, 0.3) is 0 Å². The van der Waals surface area contributed by atoms with E-state index in [1.165, 1.54) is 0 Å². The summed E-state index contributed by atoms with van der Waals surface area (Å²) in [5.41, 5.74) is 2.18. The van der Waals surface area contributed by atoms with Crippen LogP contribution in [0.1, 0.15) is 41.0 Å². The first-order chi connectivity index (χ1) is 16.3. The van der Waals surface area contributed by atoms with Gasteiger partial charge in [-0.25, -0.2) is 0 Å². The number of carbonyl (C=O) groups excluding carboxylic acids is 2. The number of benzene rings is 3. The fourth-order valence-corrected chi connectivity index (χ4v) is 3.67. The van der Waals surface area contributed by atoms with Gasteiger partial charge in [-0.3, -0.25) is 14.9 Å². The average Bonchev–Trinajstić information content (AvgIpc) is 2.80. The molecule has 6 nitrogen and oxygen atoms in total. The number of hydrogen-bond acceptors (Lipinski definition) is 4. The first-order valence-corrected chi connectivity index (χ1v) is 12.0. The maximum Gasteiger partial charge on any atom is 0.257 e. The molecule has 34 heavy (non-hydrogen) atoms. The van der Waals surface area contributed by atoms with Crippen LogP contribution in [-0.4, -0.2) is 23.5 Å². The lowest BCUT2D eigenvalue weighted by atomic mass is 10.1. The molecule has 3 rings (SSSR count). The van der Waals surface area contributed by atoms with Gasteiger partial charge in [0.15, 0.2) is 5.11 Å². The lowest BCUT2D eigenvalue weighted by Gasteiger charge is -2.13. The summed E-state index contributed by atoms with van der Waals surface area (Å²) in [4.78, 5) is 25.1. The van der Waals surface area contributed by atoms with Gasteiger partial charge in [0.05, 0.1) is 11.1 Å². The van der Waals surface area contributed by atoms with E-state index in [0.717, 1.165) is 6.42 Å². The lowest BCUT2D eigenvalue weighted by molar-refractivity contribution is 0.0976. The van der Waals surface area contributed by atoms with Gasteiger partial charge in [-0.2, -0.15) is 0 Å². The average molecular weight is 540 g/mol. The third kappa shape index (κ3) is 7.67. The minimum atomic E-state index is -0.357. The van der Waals surface area contributed by atoms with Crippen LogP contribution in [0.15, 0.2) is 77.3 Å². The van der Waals surface area contributed by atoms with E-state index in [1.54, 1.807) is 42.5 Å². The third-order valence-electron chi connectivity index (χ3n) is 4.79. The van der Waals surface area contributed by atoms with E-state index >= 15 is 0 Å². The van der Waals surface area contributed by atoms with E-state index in [1.807, 2.05) is 30.3 Å². The van der Waals surface area contributed by atoms with Crippen molar-refractivity contribution in [2.24, 2.45) is 5.92 Å². The van der Waals surface area contributed by atoms with Crippen molar-refractivity contribution < 1.29 is 14.3 Å². The van der Waals surface area contributed by atoms with Crippen LogP contribution in [0.3, 0.4) is 0 Å². The summed E-state index contributed by atoms with van der Waals surface area (Å²) < 4.78 is 6.46. The van der Waals surface area contributed by atoms with Gasteiger partial charge in [-0.1, -0.05) is 38.1 Å². The minimum absolute atomic E-state index is 0.124. The van der Waals surface area contributed by atoms with Gasteiger partial charge in [0.25, 0.3) is 11.8 Å². The fourth-order valence-electron chi connectivity index (χ4n) is 2.96. The Balaban J connectivity index is 1.57. The SMILES string of the molecule is CC(C)CCOc1ccc(C(=O)NC(=S)Nc2cccc(C(=O)Nc3ccccc3)c2)cc1Br. The molecule has 3 N–H and O–H groups in total. The highest BCUT2D eigenvalue weighted by molar-refractivity contribution is 9.10. The molecule has 0 aliphatic carbocycles. The zero-order valence-electron chi connectivity index (χ0n) is 18.9. The third-order valence-corrected chi connectivity index (χ3v) is 5.61. The van der Waals surface area contributed by atoms with Crippen molar-refractivity contribution in [3.8, 4) is 5.75 Å². The number of thiocarbonyl (C=S) groups is 1. The molecule has 0 spiro atoms. The molecule has 0 aliphatic heterocycles. The number of carbonyl (C=O) groups is 2. The van der Waals surface area contributed by atoms with Crippen LogP contribution in [0.4, 0.5) is 11.4 Å². The maximum absolute atomic E-state index is 12.6. The van der Waals surface area contributed by atoms with E-state index in [0.29, 0.717) is 45.2 Å². The maximum atomic E-state index is 12.6. The van der Waals surface area contributed by atoms with Crippen LogP contribution in [0.5, 0.6) is 5.75 Å². The summed E-state index contributed by atoms with van der Waals surface area (Å²) in [5.74, 6) is 0.634. The number of halogens is 1. The van der Waals surface area contributed by atoms with E-state index < -0.39 is 0 Å². The van der Waals surface area contributed by atoms with Crippen LogP contribution in [0.2, 0.25) is 0 Å². The lowest BCUT2D eigenvalue weighted by Crippen LogP contribution is -2.34. The number of anilines is 2. The number of ether oxygens (including phenoxy) is 1. The monoisotopic (exact) mass is 539 g/mol. The van der Waals surface area contributed by atoms with E-state index in [2.05, 4.69) is 45.7 Å². The highest BCUT2D eigenvalue weighted by Gasteiger charge is 2.12. The molecule has 0 aromatic heterocycles. The van der Waals surface area contributed by atoms with Gasteiger partial charge in [-0.05, 0) is 89.0 Å². The molecule has 0 heterocycles. The Morgan fingerprint density at radius 2 is 1.59 bits per heavy atom. The number of rotatable bonds is 8. The Morgan fingerprint density at radius 1 is 0.882 bits per heavy atom. The van der Waals surface area contributed by atoms with Crippen molar-refractivity contribution in [1.29, 1.82) is 0 Å². The van der Waals surface area contributed by atoms with E-state index in [9.17, 15) is 9.59 Å². The highest BCUT2D eigenvalue weighted by atomic mass is 79.9. The van der Waals surface area contributed by atoms with E-state index in [-0.39, 0.29) is 16.9 Å². The second-order valence-electron chi connectivity index (χ2n) is 7.99. The second kappa shape index (κ2) is 12.3.